The molecule has 0 aliphatic heterocycles. The van der Waals surface area contributed by atoms with Crippen molar-refractivity contribution in [3.05, 3.63) is 0 Å². The number of nitrogens with one attached hydrogen (secondary N) is 1. The number of rotatable bonds is 6. The van der Waals surface area contributed by atoms with Gasteiger partial charge in [-0.25, -0.2) is 0 Å². The Labute approximate surface area is 129 Å². The van der Waals surface area contributed by atoms with Gasteiger partial charge < -0.3 is 15.3 Å². The highest BCUT2D eigenvalue weighted by atomic mass is 16.3. The molecule has 2 rings (SSSR count). The lowest BCUT2D eigenvalue weighted by molar-refractivity contribution is -0.126. The number of likely N-dealkylation sites (N-methyl/N-ethyl adjacent to an activating group) is 1. The third kappa shape index (κ3) is 4.96. The predicted octanol–water partition coefficient (Wildman–Crippen LogP) is 2.31. The molecule has 0 heterocycles. The fourth-order valence-electron chi connectivity index (χ4n) is 4.08. The molecule has 0 spiro atoms. The summed E-state index contributed by atoms with van der Waals surface area (Å²) in [7, 11) is 4.21. The van der Waals surface area contributed by atoms with Crippen LogP contribution in [0, 0.1) is 5.92 Å². The van der Waals surface area contributed by atoms with Gasteiger partial charge in [0.2, 0.25) is 5.91 Å². The first kappa shape index (κ1) is 16.8. The standard InChI is InChI=1S/C17H32N2O2/c1-19(2)15(14-8-4-3-5-9-14)13-18-16(20)12-17(21)10-6-7-11-17/h14-15,21H,3-13H2,1-2H3,(H,18,20). The third-order valence-electron chi connectivity index (χ3n) is 5.39. The van der Waals surface area contributed by atoms with Gasteiger partial charge in [-0.3, -0.25) is 4.79 Å². The largest absolute Gasteiger partial charge is 0.389 e. The first-order chi connectivity index (χ1) is 10.0. The zero-order valence-electron chi connectivity index (χ0n) is 13.7. The van der Waals surface area contributed by atoms with E-state index in [1.165, 1.54) is 32.1 Å². The Morgan fingerprint density at radius 3 is 2.38 bits per heavy atom. The van der Waals surface area contributed by atoms with Crippen LogP contribution in [0.15, 0.2) is 0 Å². The molecule has 1 amide bonds. The van der Waals surface area contributed by atoms with Crippen LogP contribution in [0.2, 0.25) is 0 Å². The minimum atomic E-state index is -0.734. The Kier molecular flexibility index (Phi) is 6.06. The molecule has 4 heteroatoms. The van der Waals surface area contributed by atoms with Gasteiger partial charge in [0, 0.05) is 12.6 Å². The van der Waals surface area contributed by atoms with Crippen molar-refractivity contribution in [1.82, 2.24) is 10.2 Å². The molecule has 2 saturated carbocycles. The van der Waals surface area contributed by atoms with Gasteiger partial charge in [0.1, 0.15) is 0 Å². The molecule has 2 aliphatic carbocycles. The highest BCUT2D eigenvalue weighted by molar-refractivity contribution is 5.77. The van der Waals surface area contributed by atoms with Crippen molar-refractivity contribution in [3.63, 3.8) is 0 Å². The summed E-state index contributed by atoms with van der Waals surface area (Å²) < 4.78 is 0. The smallest absolute Gasteiger partial charge is 0.222 e. The molecule has 0 saturated heterocycles. The molecular formula is C17H32N2O2. The molecule has 2 aliphatic rings. The fraction of sp³-hybridized carbons (Fsp3) is 0.941. The summed E-state index contributed by atoms with van der Waals surface area (Å²) in [4.78, 5) is 14.4. The lowest BCUT2D eigenvalue weighted by Crippen LogP contribution is -2.46. The summed E-state index contributed by atoms with van der Waals surface area (Å²) in [5.74, 6) is 0.714. The zero-order chi connectivity index (χ0) is 15.3. The van der Waals surface area contributed by atoms with Crippen LogP contribution in [-0.4, -0.2) is 48.2 Å². The van der Waals surface area contributed by atoms with E-state index in [2.05, 4.69) is 24.3 Å². The second-order valence-electron chi connectivity index (χ2n) is 7.34. The molecule has 0 bridgehead atoms. The van der Waals surface area contributed by atoms with Gasteiger partial charge in [0.25, 0.3) is 0 Å². The van der Waals surface area contributed by atoms with Crippen LogP contribution in [0.3, 0.4) is 0 Å². The number of carbonyl (C=O) groups excluding carboxylic acids is 1. The molecule has 122 valence electrons. The van der Waals surface area contributed by atoms with Crippen molar-refractivity contribution in [2.75, 3.05) is 20.6 Å². The summed E-state index contributed by atoms with van der Waals surface area (Å²) in [6.45, 7) is 0.715. The molecule has 0 radical (unpaired) electrons. The fourth-order valence-corrected chi connectivity index (χ4v) is 4.08. The van der Waals surface area contributed by atoms with Crippen molar-refractivity contribution >= 4 is 5.91 Å². The van der Waals surface area contributed by atoms with Gasteiger partial charge >= 0.3 is 0 Å². The van der Waals surface area contributed by atoms with Gasteiger partial charge in [-0.1, -0.05) is 32.1 Å². The van der Waals surface area contributed by atoms with E-state index in [0.717, 1.165) is 25.7 Å². The minimum Gasteiger partial charge on any atom is -0.389 e. The summed E-state index contributed by atoms with van der Waals surface area (Å²) >= 11 is 0. The van der Waals surface area contributed by atoms with E-state index in [1.54, 1.807) is 0 Å². The van der Waals surface area contributed by atoms with Crippen molar-refractivity contribution < 1.29 is 9.90 Å². The normalized spacial score (nSPS) is 24.2. The number of aliphatic hydroxyl groups is 1. The summed E-state index contributed by atoms with van der Waals surface area (Å²) in [6, 6.07) is 0.424. The Bertz CT molecular complexity index is 332. The van der Waals surface area contributed by atoms with Crippen LogP contribution in [0.1, 0.15) is 64.2 Å². The van der Waals surface area contributed by atoms with Crippen LogP contribution >= 0.6 is 0 Å². The Morgan fingerprint density at radius 2 is 1.81 bits per heavy atom. The van der Waals surface area contributed by atoms with E-state index < -0.39 is 5.60 Å². The van der Waals surface area contributed by atoms with E-state index in [1.807, 2.05) is 0 Å². The molecule has 2 N–H and O–H groups in total. The van der Waals surface area contributed by atoms with Gasteiger partial charge in [0.05, 0.1) is 12.0 Å². The molecule has 0 aromatic carbocycles. The van der Waals surface area contributed by atoms with Gasteiger partial charge in [-0.2, -0.15) is 0 Å². The van der Waals surface area contributed by atoms with Gasteiger partial charge in [-0.05, 0) is 45.7 Å². The Morgan fingerprint density at radius 1 is 1.19 bits per heavy atom. The SMILES string of the molecule is CN(C)C(CNC(=O)CC1(O)CCCC1)C1CCCCC1. The van der Waals surface area contributed by atoms with Crippen molar-refractivity contribution in [1.29, 1.82) is 0 Å². The van der Waals surface area contributed by atoms with E-state index in [9.17, 15) is 9.90 Å². The van der Waals surface area contributed by atoms with E-state index in [0.29, 0.717) is 18.5 Å². The number of hydrogen-bond acceptors (Lipinski definition) is 3. The highest BCUT2D eigenvalue weighted by Gasteiger charge is 2.34. The first-order valence-corrected chi connectivity index (χ1v) is 8.66. The van der Waals surface area contributed by atoms with Crippen LogP contribution in [0.25, 0.3) is 0 Å². The van der Waals surface area contributed by atoms with Crippen LogP contribution in [-0.2, 0) is 4.79 Å². The van der Waals surface area contributed by atoms with E-state index >= 15 is 0 Å². The van der Waals surface area contributed by atoms with Crippen LogP contribution in [0.5, 0.6) is 0 Å². The Hall–Kier alpha value is -0.610. The van der Waals surface area contributed by atoms with Crippen LogP contribution in [0.4, 0.5) is 0 Å². The van der Waals surface area contributed by atoms with Crippen LogP contribution < -0.4 is 5.32 Å². The number of carbonyl (C=O) groups is 1. The molecule has 2 fully saturated rings. The summed E-state index contributed by atoms with van der Waals surface area (Å²) in [5, 5.41) is 13.4. The maximum Gasteiger partial charge on any atom is 0.222 e. The molecule has 21 heavy (non-hydrogen) atoms. The van der Waals surface area contributed by atoms with Gasteiger partial charge in [-0.15, -0.1) is 0 Å². The number of amides is 1. The van der Waals surface area contributed by atoms with Crippen molar-refractivity contribution in [3.8, 4) is 0 Å². The molecule has 1 atom stereocenters. The lowest BCUT2D eigenvalue weighted by Gasteiger charge is -2.35. The molecule has 0 aromatic rings. The predicted molar refractivity (Wildman–Crippen MR) is 85.1 cm³/mol. The lowest BCUT2D eigenvalue weighted by atomic mass is 9.83. The summed E-state index contributed by atoms with van der Waals surface area (Å²) in [6.07, 6.45) is 10.5. The number of nitrogens with zero attached hydrogens (tertiary/aromatic N) is 1. The minimum absolute atomic E-state index is 0.0158. The second-order valence-corrected chi connectivity index (χ2v) is 7.34. The van der Waals surface area contributed by atoms with Crippen molar-refractivity contribution in [2.24, 2.45) is 5.92 Å². The quantitative estimate of drug-likeness (QED) is 0.791. The number of hydrogen-bond donors (Lipinski definition) is 2. The van der Waals surface area contributed by atoms with E-state index in [-0.39, 0.29) is 12.3 Å². The van der Waals surface area contributed by atoms with Crippen molar-refractivity contribution in [2.45, 2.75) is 75.9 Å². The average Bonchev–Trinajstić information content (AvgIpc) is 2.86. The maximum atomic E-state index is 12.1. The second kappa shape index (κ2) is 7.59. The average molecular weight is 296 g/mol. The summed E-state index contributed by atoms with van der Waals surface area (Å²) in [5.41, 5.74) is -0.734. The highest BCUT2D eigenvalue weighted by Crippen LogP contribution is 2.32. The van der Waals surface area contributed by atoms with E-state index in [4.69, 9.17) is 0 Å². The monoisotopic (exact) mass is 296 g/mol. The molecule has 0 aromatic heterocycles. The Balaban J connectivity index is 1.79. The molecular weight excluding hydrogens is 264 g/mol. The topological polar surface area (TPSA) is 52.6 Å². The maximum absolute atomic E-state index is 12.1. The first-order valence-electron chi connectivity index (χ1n) is 8.66. The molecule has 4 nitrogen and oxygen atoms in total. The zero-order valence-corrected chi connectivity index (χ0v) is 13.7. The molecule has 1 unspecified atom stereocenters. The third-order valence-corrected chi connectivity index (χ3v) is 5.39. The van der Waals surface area contributed by atoms with Gasteiger partial charge in [0.15, 0.2) is 0 Å².